The molecule has 0 aromatic rings. The summed E-state index contributed by atoms with van der Waals surface area (Å²) < 4.78 is 17.2. The molecule has 0 amide bonds. The molecule has 4 fully saturated rings. The van der Waals surface area contributed by atoms with Crippen molar-refractivity contribution in [3.05, 3.63) is 11.6 Å². The van der Waals surface area contributed by atoms with Gasteiger partial charge in [0.05, 0.1) is 11.5 Å². The van der Waals surface area contributed by atoms with Crippen molar-refractivity contribution in [2.75, 3.05) is 0 Å². The third-order valence-electron chi connectivity index (χ3n) is 9.09. The number of aliphatic hydroxyl groups excluding tert-OH is 1. The van der Waals surface area contributed by atoms with Crippen molar-refractivity contribution in [1.82, 2.24) is 0 Å². The topological polar surface area (TPSA) is 99.1 Å². The van der Waals surface area contributed by atoms with Gasteiger partial charge in [-0.1, -0.05) is 33.8 Å². The van der Waals surface area contributed by atoms with Crippen LogP contribution in [0.2, 0.25) is 0 Å². The van der Waals surface area contributed by atoms with Crippen molar-refractivity contribution in [3.8, 4) is 0 Å². The van der Waals surface area contributed by atoms with Gasteiger partial charge >= 0.3 is 12.1 Å². The van der Waals surface area contributed by atoms with Crippen LogP contribution in [0.1, 0.15) is 48.0 Å². The molecule has 5 aliphatic rings. The summed E-state index contributed by atoms with van der Waals surface area (Å²) in [5.41, 5.74) is -2.04. The minimum atomic E-state index is -1.49. The number of carbonyl (C=O) groups excluding carboxylic acids is 3. The van der Waals surface area contributed by atoms with Crippen molar-refractivity contribution in [3.63, 3.8) is 0 Å². The van der Waals surface area contributed by atoms with E-state index >= 15 is 0 Å². The molecule has 0 radical (unpaired) electrons. The third kappa shape index (κ3) is 1.98. The summed E-state index contributed by atoms with van der Waals surface area (Å²) in [5, 5.41) is 11.4. The number of hydrogen-bond donors (Lipinski definition) is 1. The van der Waals surface area contributed by atoms with Gasteiger partial charge in [0.15, 0.2) is 18.0 Å². The van der Waals surface area contributed by atoms with Crippen LogP contribution in [0.15, 0.2) is 11.6 Å². The van der Waals surface area contributed by atoms with E-state index in [0.29, 0.717) is 11.5 Å². The first-order valence-electron chi connectivity index (χ1n) is 10.9. The lowest BCUT2D eigenvalue weighted by Gasteiger charge is -2.47. The van der Waals surface area contributed by atoms with Gasteiger partial charge in [-0.2, -0.15) is 0 Å². The smallest absolute Gasteiger partial charge is 0.454 e. The molecule has 7 nitrogen and oxygen atoms in total. The zero-order valence-electron chi connectivity index (χ0n) is 18.3. The second kappa shape index (κ2) is 5.67. The average molecular weight is 418 g/mol. The van der Waals surface area contributed by atoms with Crippen molar-refractivity contribution < 1.29 is 33.7 Å². The normalized spacial score (nSPS) is 52.6. The van der Waals surface area contributed by atoms with Gasteiger partial charge in [0.25, 0.3) is 0 Å². The Morgan fingerprint density at radius 3 is 2.57 bits per heavy atom. The molecule has 1 N–H and O–H groups in total. The fourth-order valence-electron chi connectivity index (χ4n) is 7.74. The first-order valence-corrected chi connectivity index (χ1v) is 10.9. The SMILES string of the molecule is CC(=O)O[C@H]1C(C)=CC23C(=O)[C@@H]([C@H](O)[C@H](C)C4OC(=O)OC412)[C@H]1[C@@H](C[C@H]3C)C1(C)C. The predicted molar refractivity (Wildman–Crippen MR) is 104 cm³/mol. The molecular formula is C23H30O7. The van der Waals surface area contributed by atoms with Gasteiger partial charge in [0, 0.05) is 18.8 Å². The highest BCUT2D eigenvalue weighted by Gasteiger charge is 2.83. The summed E-state index contributed by atoms with van der Waals surface area (Å²) in [6.07, 6.45) is -1.04. The van der Waals surface area contributed by atoms with Gasteiger partial charge in [-0.3, -0.25) is 9.59 Å². The van der Waals surface area contributed by atoms with E-state index in [-0.39, 0.29) is 23.0 Å². The molecule has 10 atom stereocenters. The molecule has 1 saturated heterocycles. The Bertz CT molecular complexity index is 890. The number of carbonyl (C=O) groups is 3. The second-order valence-corrected chi connectivity index (χ2v) is 10.8. The Labute approximate surface area is 176 Å². The van der Waals surface area contributed by atoms with Crippen LogP contribution in [0.5, 0.6) is 0 Å². The van der Waals surface area contributed by atoms with Gasteiger partial charge in [-0.15, -0.1) is 0 Å². The fraction of sp³-hybridized carbons (Fsp3) is 0.783. The highest BCUT2D eigenvalue weighted by atomic mass is 16.8. The van der Waals surface area contributed by atoms with E-state index in [1.165, 1.54) is 6.92 Å². The summed E-state index contributed by atoms with van der Waals surface area (Å²) in [7, 11) is 0. The van der Waals surface area contributed by atoms with E-state index in [1.807, 2.05) is 13.0 Å². The molecule has 0 aromatic carbocycles. The first-order chi connectivity index (χ1) is 13.9. The molecule has 164 valence electrons. The van der Waals surface area contributed by atoms with Crippen LogP contribution in [0.3, 0.4) is 0 Å². The molecule has 3 unspecified atom stereocenters. The van der Waals surface area contributed by atoms with E-state index in [0.717, 1.165) is 6.42 Å². The number of aliphatic hydroxyl groups is 1. The van der Waals surface area contributed by atoms with Crippen LogP contribution in [0, 0.1) is 40.4 Å². The highest BCUT2D eigenvalue weighted by Crippen LogP contribution is 2.73. The molecule has 1 aliphatic heterocycles. The lowest BCUT2D eigenvalue weighted by Crippen LogP contribution is -2.65. The number of ether oxygens (including phenoxy) is 3. The minimum Gasteiger partial charge on any atom is -0.454 e. The van der Waals surface area contributed by atoms with E-state index in [1.54, 1.807) is 13.8 Å². The average Bonchev–Trinajstić information content (AvgIpc) is 2.94. The number of Topliss-reactive ketones (excluding diaryl/α,β-unsaturated/α-hetero) is 1. The quantitative estimate of drug-likeness (QED) is 0.516. The molecule has 2 spiro atoms. The molecular weight excluding hydrogens is 388 g/mol. The number of ketones is 1. The molecule has 2 bridgehead atoms. The van der Waals surface area contributed by atoms with Gasteiger partial charge in [0.1, 0.15) is 0 Å². The number of hydrogen-bond acceptors (Lipinski definition) is 7. The van der Waals surface area contributed by atoms with Gasteiger partial charge in [0.2, 0.25) is 5.60 Å². The Morgan fingerprint density at radius 2 is 1.93 bits per heavy atom. The van der Waals surface area contributed by atoms with Gasteiger partial charge in [-0.05, 0) is 42.1 Å². The second-order valence-electron chi connectivity index (χ2n) is 10.8. The van der Waals surface area contributed by atoms with Gasteiger partial charge < -0.3 is 19.3 Å². The van der Waals surface area contributed by atoms with Gasteiger partial charge in [-0.25, -0.2) is 4.79 Å². The lowest BCUT2D eigenvalue weighted by atomic mass is 9.59. The van der Waals surface area contributed by atoms with Crippen molar-refractivity contribution >= 4 is 17.9 Å². The van der Waals surface area contributed by atoms with Crippen LogP contribution in [0.25, 0.3) is 0 Å². The first kappa shape index (κ1) is 20.0. The maximum Gasteiger partial charge on any atom is 0.509 e. The number of rotatable bonds is 1. The minimum absolute atomic E-state index is 0.0340. The number of esters is 1. The van der Waals surface area contributed by atoms with Crippen molar-refractivity contribution in [1.29, 1.82) is 0 Å². The summed E-state index contributed by atoms with van der Waals surface area (Å²) in [4.78, 5) is 38.9. The molecule has 30 heavy (non-hydrogen) atoms. The predicted octanol–water partition coefficient (Wildman–Crippen LogP) is 2.65. The fourth-order valence-corrected chi connectivity index (χ4v) is 7.74. The number of fused-ring (bicyclic) bond motifs is 3. The largest absolute Gasteiger partial charge is 0.509 e. The molecule has 5 rings (SSSR count). The summed E-state index contributed by atoms with van der Waals surface area (Å²) in [6, 6.07) is 0. The summed E-state index contributed by atoms with van der Waals surface area (Å²) in [6.45, 7) is 11.2. The molecule has 3 saturated carbocycles. The maximum atomic E-state index is 14.4. The Morgan fingerprint density at radius 1 is 1.27 bits per heavy atom. The Kier molecular flexibility index (Phi) is 3.78. The van der Waals surface area contributed by atoms with Crippen molar-refractivity contribution in [2.24, 2.45) is 40.4 Å². The van der Waals surface area contributed by atoms with Crippen LogP contribution < -0.4 is 0 Å². The van der Waals surface area contributed by atoms with Crippen LogP contribution >= 0.6 is 0 Å². The van der Waals surface area contributed by atoms with E-state index in [2.05, 4.69) is 13.8 Å². The standard InChI is InChI=1S/C23H30O7/c1-9-8-22-10(2)7-13-15(21(13,5)6)14(17(22)26)16(25)11(3)19-23(22,30-20(27)29-19)18(9)28-12(4)24/h8,10-11,13-16,18-19,25H,7H2,1-6H3/t10-,11+,13-,14-,15-,16-,18+,19?,22?,23?/m1/s1. The summed E-state index contributed by atoms with van der Waals surface area (Å²) in [5.74, 6) is -1.56. The van der Waals surface area contributed by atoms with Crippen LogP contribution in [-0.4, -0.2) is 46.9 Å². The summed E-state index contributed by atoms with van der Waals surface area (Å²) >= 11 is 0. The van der Waals surface area contributed by atoms with E-state index < -0.39 is 53.3 Å². The van der Waals surface area contributed by atoms with Crippen LogP contribution in [-0.2, 0) is 23.8 Å². The van der Waals surface area contributed by atoms with Crippen molar-refractivity contribution in [2.45, 2.75) is 71.9 Å². The monoisotopic (exact) mass is 418 g/mol. The van der Waals surface area contributed by atoms with E-state index in [9.17, 15) is 19.5 Å². The molecule has 0 aromatic heterocycles. The lowest BCUT2D eigenvalue weighted by molar-refractivity contribution is -0.181. The molecule has 7 heteroatoms. The maximum absolute atomic E-state index is 14.4. The third-order valence-corrected chi connectivity index (χ3v) is 9.09. The van der Waals surface area contributed by atoms with E-state index in [4.69, 9.17) is 14.2 Å². The molecule has 1 heterocycles. The Hall–Kier alpha value is -1.89. The Balaban J connectivity index is 1.79. The highest BCUT2D eigenvalue weighted by molar-refractivity contribution is 5.95. The molecule has 4 aliphatic carbocycles. The zero-order chi connectivity index (χ0) is 22.0. The van der Waals surface area contributed by atoms with Crippen LogP contribution in [0.4, 0.5) is 4.79 Å². The zero-order valence-corrected chi connectivity index (χ0v) is 18.3.